The summed E-state index contributed by atoms with van der Waals surface area (Å²) in [5.74, 6) is -0.484. The molecule has 1 atom stereocenters. The minimum Gasteiger partial charge on any atom is -0.465 e. The van der Waals surface area contributed by atoms with E-state index in [9.17, 15) is 13.2 Å². The fourth-order valence-electron chi connectivity index (χ4n) is 2.19. The van der Waals surface area contributed by atoms with Crippen LogP contribution >= 0.6 is 12.4 Å². The van der Waals surface area contributed by atoms with E-state index in [0.29, 0.717) is 12.1 Å². The van der Waals surface area contributed by atoms with E-state index in [-0.39, 0.29) is 23.3 Å². The van der Waals surface area contributed by atoms with E-state index in [2.05, 4.69) is 10.1 Å². The number of hydrogen-bond acceptors (Lipinski definition) is 5. The van der Waals surface area contributed by atoms with Crippen LogP contribution in [0.5, 0.6) is 0 Å². The highest BCUT2D eigenvalue weighted by Gasteiger charge is 2.29. The second-order valence-corrected chi connectivity index (χ2v) is 6.68. The normalized spacial score (nSPS) is 18.3. The number of ether oxygens (including phenoxy) is 1. The number of benzene rings is 1. The van der Waals surface area contributed by atoms with Gasteiger partial charge < -0.3 is 10.1 Å². The largest absolute Gasteiger partial charge is 0.465 e. The van der Waals surface area contributed by atoms with E-state index in [1.165, 1.54) is 35.7 Å². The van der Waals surface area contributed by atoms with Crippen LogP contribution in [0.2, 0.25) is 0 Å². The maximum absolute atomic E-state index is 12.5. The highest BCUT2D eigenvalue weighted by molar-refractivity contribution is 7.89. The number of nitrogens with zero attached hydrogens (tertiary/aromatic N) is 1. The maximum Gasteiger partial charge on any atom is 0.337 e. The molecule has 8 heteroatoms. The van der Waals surface area contributed by atoms with Gasteiger partial charge in [-0.2, -0.15) is 4.31 Å². The van der Waals surface area contributed by atoms with Gasteiger partial charge in [-0.25, -0.2) is 13.2 Å². The van der Waals surface area contributed by atoms with E-state index in [4.69, 9.17) is 0 Å². The number of halogens is 1. The van der Waals surface area contributed by atoms with Crippen LogP contribution in [0.4, 0.5) is 0 Å². The van der Waals surface area contributed by atoms with Crippen molar-refractivity contribution in [1.29, 1.82) is 0 Å². The molecule has 1 heterocycles. The highest BCUT2D eigenvalue weighted by atomic mass is 35.5. The quantitative estimate of drug-likeness (QED) is 0.827. The first kappa shape index (κ1) is 17.9. The summed E-state index contributed by atoms with van der Waals surface area (Å²) in [5, 5.41) is 3.14. The molecule has 2 rings (SSSR count). The van der Waals surface area contributed by atoms with Crippen LogP contribution in [0.15, 0.2) is 29.2 Å². The van der Waals surface area contributed by atoms with E-state index in [0.717, 1.165) is 13.0 Å². The van der Waals surface area contributed by atoms with Gasteiger partial charge in [0, 0.05) is 19.6 Å². The number of rotatable bonds is 4. The standard InChI is InChI=1S/C13H18N2O4S.ClH/c1-15(11-7-8-14-9-11)20(17,18)12-5-3-10(4-6-12)13(16)19-2;/h3-6,11,14H,7-9H2,1-2H3;1H. The summed E-state index contributed by atoms with van der Waals surface area (Å²) < 4.78 is 30.9. The molecule has 0 saturated carbocycles. The zero-order chi connectivity index (χ0) is 14.8. The van der Waals surface area contributed by atoms with Crippen LogP contribution in [0, 0.1) is 0 Å². The van der Waals surface area contributed by atoms with Crippen LogP contribution < -0.4 is 5.32 Å². The zero-order valence-electron chi connectivity index (χ0n) is 11.9. The predicted octanol–water partition coefficient (Wildman–Crippen LogP) is 0.877. The third-order valence-electron chi connectivity index (χ3n) is 3.50. The Kier molecular flexibility index (Phi) is 6.15. The molecule has 1 aromatic carbocycles. The molecule has 0 aliphatic carbocycles. The zero-order valence-corrected chi connectivity index (χ0v) is 13.5. The Hall–Kier alpha value is -1.15. The fraction of sp³-hybridized carbons (Fsp3) is 0.462. The topological polar surface area (TPSA) is 75.7 Å². The first-order valence-electron chi connectivity index (χ1n) is 6.34. The molecule has 118 valence electrons. The summed E-state index contributed by atoms with van der Waals surface area (Å²) in [5.41, 5.74) is 0.330. The molecular weight excluding hydrogens is 316 g/mol. The average Bonchev–Trinajstić information content (AvgIpc) is 2.99. The lowest BCUT2D eigenvalue weighted by molar-refractivity contribution is 0.0600. The Bertz CT molecular complexity index is 583. The molecule has 21 heavy (non-hydrogen) atoms. The van der Waals surface area contributed by atoms with E-state index in [1.807, 2.05) is 0 Å². The van der Waals surface area contributed by atoms with E-state index < -0.39 is 16.0 Å². The average molecular weight is 335 g/mol. The smallest absolute Gasteiger partial charge is 0.337 e. The van der Waals surface area contributed by atoms with Crippen LogP contribution in [0.1, 0.15) is 16.8 Å². The second-order valence-electron chi connectivity index (χ2n) is 4.68. The van der Waals surface area contributed by atoms with Gasteiger partial charge >= 0.3 is 5.97 Å². The summed E-state index contributed by atoms with van der Waals surface area (Å²) in [6, 6.07) is 5.75. The number of carbonyl (C=O) groups excluding carboxylic acids is 1. The minimum atomic E-state index is -3.53. The Morgan fingerprint density at radius 2 is 1.95 bits per heavy atom. The Balaban J connectivity index is 0.00000220. The van der Waals surface area contributed by atoms with Crippen LogP contribution in [0.3, 0.4) is 0 Å². The molecule has 0 amide bonds. The van der Waals surface area contributed by atoms with Crippen molar-refractivity contribution in [2.45, 2.75) is 17.4 Å². The Morgan fingerprint density at radius 1 is 1.33 bits per heavy atom. The molecule has 1 aromatic rings. The first-order chi connectivity index (χ1) is 9.46. The van der Waals surface area contributed by atoms with Gasteiger partial charge in [0.05, 0.1) is 17.6 Å². The first-order valence-corrected chi connectivity index (χ1v) is 7.78. The molecule has 0 aromatic heterocycles. The molecule has 1 aliphatic heterocycles. The summed E-state index contributed by atoms with van der Waals surface area (Å²) in [6.07, 6.45) is 0.802. The van der Waals surface area contributed by atoms with Crippen LogP contribution in [0.25, 0.3) is 0 Å². The molecule has 0 radical (unpaired) electrons. The summed E-state index contributed by atoms with van der Waals surface area (Å²) >= 11 is 0. The lowest BCUT2D eigenvalue weighted by atomic mass is 10.2. The summed E-state index contributed by atoms with van der Waals surface area (Å²) in [6.45, 7) is 1.49. The molecular formula is C13H19ClN2O4S. The van der Waals surface area contributed by atoms with Crippen LogP contribution in [-0.4, -0.2) is 52.0 Å². The number of sulfonamides is 1. The molecule has 1 saturated heterocycles. The number of nitrogens with one attached hydrogen (secondary N) is 1. The lowest BCUT2D eigenvalue weighted by Crippen LogP contribution is -2.38. The van der Waals surface area contributed by atoms with Gasteiger partial charge in [0.2, 0.25) is 10.0 Å². The van der Waals surface area contributed by atoms with Crippen molar-refractivity contribution >= 4 is 28.4 Å². The van der Waals surface area contributed by atoms with Gasteiger partial charge in [0.1, 0.15) is 0 Å². The summed E-state index contributed by atoms with van der Waals surface area (Å²) in [4.78, 5) is 11.5. The Morgan fingerprint density at radius 3 is 2.43 bits per heavy atom. The second kappa shape index (κ2) is 7.22. The van der Waals surface area contributed by atoms with Crippen molar-refractivity contribution in [2.75, 3.05) is 27.2 Å². The molecule has 1 fully saturated rings. The van der Waals surface area contributed by atoms with Crippen molar-refractivity contribution < 1.29 is 17.9 Å². The van der Waals surface area contributed by atoms with Gasteiger partial charge in [0.25, 0.3) is 0 Å². The molecule has 1 N–H and O–H groups in total. The monoisotopic (exact) mass is 334 g/mol. The third kappa shape index (κ3) is 3.74. The fourth-order valence-corrected chi connectivity index (χ4v) is 3.58. The van der Waals surface area contributed by atoms with Crippen molar-refractivity contribution in [3.05, 3.63) is 29.8 Å². The van der Waals surface area contributed by atoms with Gasteiger partial charge in [-0.15, -0.1) is 12.4 Å². The van der Waals surface area contributed by atoms with Crippen LogP contribution in [-0.2, 0) is 14.8 Å². The molecule has 6 nitrogen and oxygen atoms in total. The molecule has 0 spiro atoms. The van der Waals surface area contributed by atoms with E-state index >= 15 is 0 Å². The third-order valence-corrected chi connectivity index (χ3v) is 5.43. The number of hydrogen-bond donors (Lipinski definition) is 1. The van der Waals surface area contributed by atoms with Crippen molar-refractivity contribution in [3.8, 4) is 0 Å². The maximum atomic E-state index is 12.5. The number of carbonyl (C=O) groups is 1. The van der Waals surface area contributed by atoms with Gasteiger partial charge in [-0.1, -0.05) is 0 Å². The van der Waals surface area contributed by atoms with Gasteiger partial charge in [0.15, 0.2) is 0 Å². The molecule has 1 aliphatic rings. The number of esters is 1. The van der Waals surface area contributed by atoms with Crippen molar-refractivity contribution in [1.82, 2.24) is 9.62 Å². The number of likely N-dealkylation sites (N-methyl/N-ethyl adjacent to an activating group) is 1. The molecule has 0 bridgehead atoms. The number of methoxy groups -OCH3 is 1. The highest BCUT2D eigenvalue weighted by Crippen LogP contribution is 2.20. The van der Waals surface area contributed by atoms with Gasteiger partial charge in [-0.3, -0.25) is 0 Å². The van der Waals surface area contributed by atoms with E-state index in [1.54, 1.807) is 7.05 Å². The van der Waals surface area contributed by atoms with Crippen molar-refractivity contribution in [2.24, 2.45) is 0 Å². The minimum absolute atomic E-state index is 0. The lowest BCUT2D eigenvalue weighted by Gasteiger charge is -2.23. The van der Waals surface area contributed by atoms with Crippen molar-refractivity contribution in [3.63, 3.8) is 0 Å². The predicted molar refractivity (Wildman–Crippen MR) is 81.3 cm³/mol. The molecule has 1 unspecified atom stereocenters. The summed E-state index contributed by atoms with van der Waals surface area (Å²) in [7, 11) is -0.660. The Labute approximate surface area is 130 Å². The SMILES string of the molecule is COC(=O)c1ccc(S(=O)(=O)N(C)C2CCNC2)cc1.Cl. The van der Waals surface area contributed by atoms with Gasteiger partial charge in [-0.05, 0) is 37.2 Å².